The van der Waals surface area contributed by atoms with Crippen molar-refractivity contribution in [2.75, 3.05) is 32.7 Å². The van der Waals surface area contributed by atoms with Crippen molar-refractivity contribution < 1.29 is 23.1 Å². The highest BCUT2D eigenvalue weighted by molar-refractivity contribution is 7.89. The summed E-state index contributed by atoms with van der Waals surface area (Å²) in [5.41, 5.74) is 1.20. The lowest BCUT2D eigenvalue weighted by Crippen LogP contribution is -2.55. The molecule has 0 spiro atoms. The second kappa shape index (κ2) is 8.91. The molecule has 2 aromatic carbocycles. The van der Waals surface area contributed by atoms with Crippen LogP contribution in [0.2, 0.25) is 0 Å². The number of piperazine rings is 1. The number of carbonyl (C=O) groups is 2. The molecule has 0 aromatic heterocycles. The number of aryl methyl sites for hydroxylation is 1. The summed E-state index contributed by atoms with van der Waals surface area (Å²) in [6, 6.07) is 12.3. The van der Waals surface area contributed by atoms with Crippen LogP contribution in [0.3, 0.4) is 0 Å². The van der Waals surface area contributed by atoms with Gasteiger partial charge in [0, 0.05) is 32.7 Å². The van der Waals surface area contributed by atoms with E-state index in [9.17, 15) is 23.1 Å². The predicted molar refractivity (Wildman–Crippen MR) is 119 cm³/mol. The number of nitrogens with zero attached hydrogens (tertiary/aromatic N) is 3. The fourth-order valence-corrected chi connectivity index (χ4v) is 5.94. The van der Waals surface area contributed by atoms with Crippen molar-refractivity contribution in [2.24, 2.45) is 0 Å². The Morgan fingerprint density at radius 3 is 2.19 bits per heavy atom. The lowest BCUT2D eigenvalue weighted by Gasteiger charge is -2.37. The molecule has 4 rings (SSSR count). The Morgan fingerprint density at radius 1 is 0.906 bits per heavy atom. The monoisotopic (exact) mass is 457 g/mol. The van der Waals surface area contributed by atoms with Gasteiger partial charge in [0.1, 0.15) is 11.8 Å². The second-order valence-corrected chi connectivity index (χ2v) is 10.1. The van der Waals surface area contributed by atoms with E-state index in [0.717, 1.165) is 5.56 Å². The van der Waals surface area contributed by atoms with Crippen LogP contribution in [0.1, 0.15) is 28.8 Å². The summed E-state index contributed by atoms with van der Waals surface area (Å²) in [6.07, 6.45) is 1.12. The molecular weight excluding hydrogens is 430 g/mol. The third kappa shape index (κ3) is 4.22. The number of carbonyl (C=O) groups excluding carboxylic acids is 2. The first-order valence-electron chi connectivity index (χ1n) is 10.7. The van der Waals surface area contributed by atoms with Gasteiger partial charge in [-0.1, -0.05) is 29.8 Å². The molecule has 8 nitrogen and oxygen atoms in total. The van der Waals surface area contributed by atoms with Gasteiger partial charge in [-0.05, 0) is 44.0 Å². The maximum absolute atomic E-state index is 13.2. The Hall–Kier alpha value is -2.91. The molecule has 0 aliphatic carbocycles. The largest absolute Gasteiger partial charge is 0.507 e. The number of benzene rings is 2. The van der Waals surface area contributed by atoms with Crippen LogP contribution in [0.25, 0.3) is 0 Å². The summed E-state index contributed by atoms with van der Waals surface area (Å²) in [4.78, 5) is 29.4. The smallest absolute Gasteiger partial charge is 0.257 e. The molecule has 0 saturated carbocycles. The number of hydrogen-bond donors (Lipinski definition) is 1. The number of amides is 2. The number of phenols is 1. The number of para-hydroxylation sites is 1. The highest BCUT2D eigenvalue weighted by atomic mass is 32.2. The Morgan fingerprint density at radius 2 is 1.53 bits per heavy atom. The molecule has 2 saturated heterocycles. The molecule has 1 atom stereocenters. The van der Waals surface area contributed by atoms with E-state index in [-0.39, 0.29) is 28.0 Å². The summed E-state index contributed by atoms with van der Waals surface area (Å²) in [7, 11) is -3.76. The van der Waals surface area contributed by atoms with E-state index in [1.54, 1.807) is 52.3 Å². The molecule has 2 fully saturated rings. The van der Waals surface area contributed by atoms with E-state index in [4.69, 9.17) is 0 Å². The number of hydrogen-bond acceptors (Lipinski definition) is 5. The fourth-order valence-electron chi connectivity index (χ4n) is 4.29. The summed E-state index contributed by atoms with van der Waals surface area (Å²) in [5, 5.41) is 9.94. The molecule has 2 amide bonds. The zero-order chi connectivity index (χ0) is 22.9. The summed E-state index contributed by atoms with van der Waals surface area (Å²) < 4.78 is 27.6. The molecule has 2 aliphatic heterocycles. The van der Waals surface area contributed by atoms with Crippen LogP contribution >= 0.6 is 0 Å². The quantitative estimate of drug-likeness (QED) is 0.756. The predicted octanol–water partition coefficient (Wildman–Crippen LogP) is 1.84. The van der Waals surface area contributed by atoms with Crippen molar-refractivity contribution in [2.45, 2.75) is 30.7 Å². The van der Waals surface area contributed by atoms with Crippen LogP contribution < -0.4 is 0 Å². The van der Waals surface area contributed by atoms with Crippen molar-refractivity contribution in [3.63, 3.8) is 0 Å². The fraction of sp³-hybridized carbons (Fsp3) is 0.391. The van der Waals surface area contributed by atoms with E-state index in [0.29, 0.717) is 45.6 Å². The molecule has 9 heteroatoms. The first-order valence-corrected chi connectivity index (χ1v) is 12.2. The molecule has 32 heavy (non-hydrogen) atoms. The third-order valence-electron chi connectivity index (χ3n) is 6.13. The van der Waals surface area contributed by atoms with Crippen molar-refractivity contribution in [1.82, 2.24) is 14.1 Å². The average molecular weight is 458 g/mol. The Labute approximate surface area is 188 Å². The molecule has 2 heterocycles. The Kier molecular flexibility index (Phi) is 6.21. The van der Waals surface area contributed by atoms with Crippen molar-refractivity contribution in [3.05, 3.63) is 59.7 Å². The van der Waals surface area contributed by atoms with E-state index >= 15 is 0 Å². The summed E-state index contributed by atoms with van der Waals surface area (Å²) >= 11 is 0. The van der Waals surface area contributed by atoms with Gasteiger partial charge >= 0.3 is 0 Å². The number of phenolic OH excluding ortho intramolecular Hbond substituents is 1. The number of rotatable bonds is 4. The van der Waals surface area contributed by atoms with Crippen molar-refractivity contribution >= 4 is 21.8 Å². The first kappa shape index (κ1) is 22.3. The minimum absolute atomic E-state index is 0.0704. The van der Waals surface area contributed by atoms with E-state index < -0.39 is 16.1 Å². The van der Waals surface area contributed by atoms with Gasteiger partial charge in [-0.15, -0.1) is 0 Å². The number of aromatic hydroxyl groups is 1. The highest BCUT2D eigenvalue weighted by Crippen LogP contribution is 2.28. The second-order valence-electron chi connectivity index (χ2n) is 8.22. The molecule has 0 bridgehead atoms. The molecule has 0 radical (unpaired) electrons. The van der Waals surface area contributed by atoms with Gasteiger partial charge in [-0.3, -0.25) is 9.59 Å². The van der Waals surface area contributed by atoms with Crippen molar-refractivity contribution in [3.8, 4) is 5.75 Å². The lowest BCUT2D eigenvalue weighted by atomic mass is 10.1. The van der Waals surface area contributed by atoms with Crippen LogP contribution in [-0.4, -0.2) is 78.2 Å². The van der Waals surface area contributed by atoms with Gasteiger partial charge in [0.25, 0.3) is 5.91 Å². The van der Waals surface area contributed by atoms with Crippen LogP contribution in [0.4, 0.5) is 0 Å². The maximum Gasteiger partial charge on any atom is 0.257 e. The highest BCUT2D eigenvalue weighted by Gasteiger charge is 2.41. The minimum Gasteiger partial charge on any atom is -0.507 e. The third-order valence-corrected chi connectivity index (χ3v) is 8.05. The molecule has 2 aromatic rings. The SMILES string of the molecule is Cc1ccc(S(=O)(=O)N2CCC[C@H]2C(=O)N2CCN(C(=O)c3ccccc3O)CC2)cc1. The van der Waals surface area contributed by atoms with Crippen LogP contribution in [0, 0.1) is 6.92 Å². The minimum atomic E-state index is -3.76. The standard InChI is InChI=1S/C23H27N3O5S/c1-17-8-10-18(11-9-17)32(30,31)26-12-4-6-20(26)23(29)25-15-13-24(14-16-25)22(28)19-5-2-3-7-21(19)27/h2-3,5,7-11,20,27H,4,6,12-16H2,1H3/t20-/m0/s1. The van der Waals surface area contributed by atoms with Gasteiger partial charge in [0.15, 0.2) is 0 Å². The average Bonchev–Trinajstić information content (AvgIpc) is 3.30. The molecule has 2 aliphatic rings. The topological polar surface area (TPSA) is 98.2 Å². The van der Waals surface area contributed by atoms with Crippen LogP contribution in [0.15, 0.2) is 53.4 Å². The molecule has 1 N–H and O–H groups in total. The Balaban J connectivity index is 1.43. The first-order chi connectivity index (χ1) is 15.3. The molecule has 170 valence electrons. The van der Waals surface area contributed by atoms with Gasteiger partial charge in [-0.25, -0.2) is 8.42 Å². The maximum atomic E-state index is 13.2. The lowest BCUT2D eigenvalue weighted by molar-refractivity contribution is -0.136. The normalized spacial score (nSPS) is 19.8. The Bertz CT molecular complexity index is 1110. The zero-order valence-corrected chi connectivity index (χ0v) is 18.8. The van der Waals surface area contributed by atoms with E-state index in [1.807, 2.05) is 6.92 Å². The van der Waals surface area contributed by atoms with Gasteiger partial charge < -0.3 is 14.9 Å². The zero-order valence-electron chi connectivity index (χ0n) is 18.0. The van der Waals surface area contributed by atoms with Gasteiger partial charge in [0.2, 0.25) is 15.9 Å². The number of sulfonamides is 1. The molecule has 0 unspecified atom stereocenters. The van der Waals surface area contributed by atoms with Crippen LogP contribution in [0.5, 0.6) is 5.75 Å². The van der Waals surface area contributed by atoms with Gasteiger partial charge in [0.05, 0.1) is 10.5 Å². The summed E-state index contributed by atoms with van der Waals surface area (Å²) in [6.45, 7) is 3.52. The van der Waals surface area contributed by atoms with Crippen LogP contribution in [-0.2, 0) is 14.8 Å². The van der Waals surface area contributed by atoms with Gasteiger partial charge in [-0.2, -0.15) is 4.31 Å². The van der Waals surface area contributed by atoms with E-state index in [1.165, 1.54) is 10.4 Å². The van der Waals surface area contributed by atoms with E-state index in [2.05, 4.69) is 0 Å². The molecular formula is C23H27N3O5S. The van der Waals surface area contributed by atoms with Crippen molar-refractivity contribution in [1.29, 1.82) is 0 Å². The summed E-state index contributed by atoms with van der Waals surface area (Å²) in [5.74, 6) is -0.564.